The Balaban J connectivity index is 2.06. The maximum atomic E-state index is 5.51. The van der Waals surface area contributed by atoms with Crippen molar-refractivity contribution in [1.29, 1.82) is 0 Å². The number of rotatable bonds is 6. The normalized spacial score (nSPS) is 15.2. The van der Waals surface area contributed by atoms with Crippen molar-refractivity contribution in [3.63, 3.8) is 0 Å². The van der Waals surface area contributed by atoms with Crippen molar-refractivity contribution in [2.24, 2.45) is 0 Å². The lowest BCUT2D eigenvalue weighted by Crippen LogP contribution is -2.39. The first kappa shape index (κ1) is 11.8. The molecule has 0 radical (unpaired) electrons. The minimum atomic E-state index is 0.0288. The molecule has 0 aromatic carbocycles. The van der Waals surface area contributed by atoms with Gasteiger partial charge in [0.1, 0.15) is 6.10 Å². The Bertz CT molecular complexity index is 371. The molecule has 1 aromatic heterocycles. The van der Waals surface area contributed by atoms with Crippen molar-refractivity contribution >= 4 is 5.95 Å². The summed E-state index contributed by atoms with van der Waals surface area (Å²) >= 11 is 0. The lowest BCUT2D eigenvalue weighted by atomic mass is 10.3. The first-order valence-electron chi connectivity index (χ1n) is 5.60. The molecular formula is C10H16N4O3. The molecule has 0 saturated carbocycles. The van der Waals surface area contributed by atoms with E-state index in [-0.39, 0.29) is 18.1 Å². The highest BCUT2D eigenvalue weighted by Gasteiger charge is 2.22. The van der Waals surface area contributed by atoms with E-state index in [1.165, 1.54) is 7.11 Å². The van der Waals surface area contributed by atoms with Gasteiger partial charge in [-0.2, -0.15) is 9.97 Å². The molecule has 1 aromatic rings. The first-order valence-corrected chi connectivity index (χ1v) is 5.60. The van der Waals surface area contributed by atoms with E-state index >= 15 is 0 Å². The van der Waals surface area contributed by atoms with Crippen molar-refractivity contribution in [2.75, 3.05) is 32.2 Å². The van der Waals surface area contributed by atoms with Crippen LogP contribution in [0.3, 0.4) is 0 Å². The number of ether oxygens (including phenoxy) is 3. The number of hydrogen-bond donors (Lipinski definition) is 1. The summed E-state index contributed by atoms with van der Waals surface area (Å²) in [6.45, 7) is 4.01. The van der Waals surface area contributed by atoms with Crippen LogP contribution in [0.2, 0.25) is 0 Å². The fourth-order valence-electron chi connectivity index (χ4n) is 1.23. The van der Waals surface area contributed by atoms with Crippen LogP contribution in [0.4, 0.5) is 5.95 Å². The average molecular weight is 240 g/mol. The quantitative estimate of drug-likeness (QED) is 0.774. The van der Waals surface area contributed by atoms with Crippen LogP contribution in [0.5, 0.6) is 12.0 Å². The summed E-state index contributed by atoms with van der Waals surface area (Å²) in [5, 5.41) is 3.07. The highest BCUT2D eigenvalue weighted by molar-refractivity contribution is 5.27. The van der Waals surface area contributed by atoms with Crippen LogP contribution in [0, 0.1) is 0 Å². The van der Waals surface area contributed by atoms with Gasteiger partial charge < -0.3 is 19.5 Å². The SMILES string of the molecule is CCCNc1nc(OC)nc(OC2COC2)n1. The number of nitrogens with one attached hydrogen (secondary N) is 1. The highest BCUT2D eigenvalue weighted by Crippen LogP contribution is 2.16. The fourth-order valence-corrected chi connectivity index (χ4v) is 1.23. The van der Waals surface area contributed by atoms with Gasteiger partial charge in [-0.15, -0.1) is 4.98 Å². The number of nitrogens with zero attached hydrogens (tertiary/aromatic N) is 3. The van der Waals surface area contributed by atoms with E-state index in [4.69, 9.17) is 14.2 Å². The lowest BCUT2D eigenvalue weighted by Gasteiger charge is -2.25. The van der Waals surface area contributed by atoms with E-state index in [1.807, 2.05) is 0 Å². The topological polar surface area (TPSA) is 78.4 Å². The van der Waals surface area contributed by atoms with Crippen LogP contribution < -0.4 is 14.8 Å². The van der Waals surface area contributed by atoms with Crippen molar-refractivity contribution in [1.82, 2.24) is 15.0 Å². The molecule has 0 unspecified atom stereocenters. The van der Waals surface area contributed by atoms with Gasteiger partial charge in [0.25, 0.3) is 0 Å². The molecule has 94 valence electrons. The van der Waals surface area contributed by atoms with Crippen LogP contribution in [-0.2, 0) is 4.74 Å². The second-order valence-electron chi connectivity index (χ2n) is 3.63. The van der Waals surface area contributed by atoms with E-state index in [0.717, 1.165) is 13.0 Å². The number of aromatic nitrogens is 3. The molecule has 2 rings (SSSR count). The third-order valence-electron chi connectivity index (χ3n) is 2.19. The zero-order valence-corrected chi connectivity index (χ0v) is 9.97. The molecule has 7 heteroatoms. The van der Waals surface area contributed by atoms with E-state index in [9.17, 15) is 0 Å². The molecule has 7 nitrogen and oxygen atoms in total. The molecule has 1 N–H and O–H groups in total. The van der Waals surface area contributed by atoms with Crippen molar-refractivity contribution in [3.05, 3.63) is 0 Å². The fraction of sp³-hybridized carbons (Fsp3) is 0.700. The molecule has 1 aliphatic rings. The summed E-state index contributed by atoms with van der Waals surface area (Å²) in [5.41, 5.74) is 0. The first-order chi connectivity index (χ1) is 8.31. The molecule has 0 amide bonds. The molecular weight excluding hydrogens is 224 g/mol. The van der Waals surface area contributed by atoms with Crippen LogP contribution in [0.15, 0.2) is 0 Å². The molecule has 2 heterocycles. The van der Waals surface area contributed by atoms with Gasteiger partial charge in [-0.3, -0.25) is 0 Å². The molecule has 1 aliphatic heterocycles. The number of hydrogen-bond acceptors (Lipinski definition) is 7. The summed E-state index contributed by atoms with van der Waals surface area (Å²) < 4.78 is 15.5. The zero-order chi connectivity index (χ0) is 12.1. The van der Waals surface area contributed by atoms with E-state index in [2.05, 4.69) is 27.2 Å². The van der Waals surface area contributed by atoms with Crippen LogP contribution in [0.1, 0.15) is 13.3 Å². The number of methoxy groups -OCH3 is 1. The van der Waals surface area contributed by atoms with Crippen LogP contribution >= 0.6 is 0 Å². The minimum absolute atomic E-state index is 0.0288. The molecule has 0 atom stereocenters. The number of anilines is 1. The Morgan fingerprint density at radius 1 is 1.29 bits per heavy atom. The minimum Gasteiger partial charge on any atom is -0.467 e. The summed E-state index contributed by atoms with van der Waals surface area (Å²) in [7, 11) is 1.51. The van der Waals surface area contributed by atoms with Crippen LogP contribution in [0.25, 0.3) is 0 Å². The highest BCUT2D eigenvalue weighted by atomic mass is 16.6. The largest absolute Gasteiger partial charge is 0.467 e. The Morgan fingerprint density at radius 2 is 2.06 bits per heavy atom. The molecule has 0 aliphatic carbocycles. The van der Waals surface area contributed by atoms with Gasteiger partial charge in [0.2, 0.25) is 5.95 Å². The third-order valence-corrected chi connectivity index (χ3v) is 2.19. The van der Waals surface area contributed by atoms with E-state index in [0.29, 0.717) is 19.2 Å². The van der Waals surface area contributed by atoms with Gasteiger partial charge in [0.05, 0.1) is 20.3 Å². The Hall–Kier alpha value is -1.63. The van der Waals surface area contributed by atoms with Gasteiger partial charge in [0.15, 0.2) is 0 Å². The maximum Gasteiger partial charge on any atom is 0.324 e. The smallest absolute Gasteiger partial charge is 0.324 e. The maximum absolute atomic E-state index is 5.51. The Morgan fingerprint density at radius 3 is 2.65 bits per heavy atom. The summed E-state index contributed by atoms with van der Waals surface area (Å²) in [6, 6.07) is 0.512. The molecule has 0 bridgehead atoms. The van der Waals surface area contributed by atoms with Crippen molar-refractivity contribution in [3.8, 4) is 12.0 Å². The molecule has 17 heavy (non-hydrogen) atoms. The second kappa shape index (κ2) is 5.62. The standard InChI is InChI=1S/C10H16N4O3/c1-3-4-11-8-12-9(15-2)14-10(13-8)17-7-5-16-6-7/h7H,3-6H2,1-2H3,(H,11,12,13,14). The summed E-state index contributed by atoms with van der Waals surface area (Å²) in [4.78, 5) is 12.2. The van der Waals surface area contributed by atoms with Crippen molar-refractivity contribution < 1.29 is 14.2 Å². The predicted octanol–water partition coefficient (Wildman–Crippen LogP) is 0.480. The molecule has 1 saturated heterocycles. The zero-order valence-electron chi connectivity index (χ0n) is 9.97. The van der Waals surface area contributed by atoms with E-state index in [1.54, 1.807) is 0 Å². The molecule has 1 fully saturated rings. The van der Waals surface area contributed by atoms with Crippen LogP contribution in [-0.4, -0.2) is 47.9 Å². The lowest BCUT2D eigenvalue weighted by molar-refractivity contribution is -0.0833. The monoisotopic (exact) mass is 240 g/mol. The van der Waals surface area contributed by atoms with Gasteiger partial charge in [-0.25, -0.2) is 0 Å². The summed E-state index contributed by atoms with van der Waals surface area (Å²) in [5.74, 6) is 0.467. The Kier molecular flexibility index (Phi) is 3.92. The van der Waals surface area contributed by atoms with Gasteiger partial charge in [-0.05, 0) is 6.42 Å². The Labute approximate surface area is 99.5 Å². The third kappa shape index (κ3) is 3.16. The molecule has 0 spiro atoms. The summed E-state index contributed by atoms with van der Waals surface area (Å²) in [6.07, 6.45) is 1.02. The predicted molar refractivity (Wildman–Crippen MR) is 60.4 cm³/mol. The van der Waals surface area contributed by atoms with Crippen molar-refractivity contribution in [2.45, 2.75) is 19.4 Å². The van der Waals surface area contributed by atoms with Gasteiger partial charge in [0, 0.05) is 6.54 Å². The second-order valence-corrected chi connectivity index (χ2v) is 3.63. The van der Waals surface area contributed by atoms with Gasteiger partial charge in [-0.1, -0.05) is 6.92 Å². The van der Waals surface area contributed by atoms with Gasteiger partial charge >= 0.3 is 12.0 Å². The van der Waals surface area contributed by atoms with E-state index < -0.39 is 0 Å². The average Bonchev–Trinajstić information content (AvgIpc) is 2.31.